The number of hydrogen-bond acceptors (Lipinski definition) is 6. The van der Waals surface area contributed by atoms with E-state index >= 15 is 0 Å². The fraction of sp³-hybridized carbons (Fsp3) is 0.160. The zero-order chi connectivity index (χ0) is 23.3. The molecule has 0 unspecified atom stereocenters. The van der Waals surface area contributed by atoms with Crippen molar-refractivity contribution in [1.82, 2.24) is 0 Å². The van der Waals surface area contributed by atoms with E-state index in [9.17, 15) is 14.4 Å². The van der Waals surface area contributed by atoms with Crippen LogP contribution in [-0.2, 0) is 14.2 Å². The van der Waals surface area contributed by atoms with Crippen molar-refractivity contribution in [3.8, 4) is 0 Å². The number of esters is 3. The zero-order valence-electron chi connectivity index (χ0n) is 18.4. The molecule has 0 saturated heterocycles. The third-order valence-electron chi connectivity index (χ3n) is 5.61. The van der Waals surface area contributed by atoms with E-state index in [2.05, 4.69) is 0 Å². The predicted molar refractivity (Wildman–Crippen MR) is 126 cm³/mol. The van der Waals surface area contributed by atoms with Crippen LogP contribution in [0.15, 0.2) is 72.8 Å². The summed E-state index contributed by atoms with van der Waals surface area (Å²) in [5.74, 6) is -1.48. The Morgan fingerprint density at radius 1 is 0.531 bits per heavy atom. The second kappa shape index (κ2) is 9.75. The second-order valence-corrected chi connectivity index (χ2v) is 11.1. The van der Waals surface area contributed by atoms with Crippen molar-refractivity contribution in [2.75, 3.05) is 28.0 Å². The van der Waals surface area contributed by atoms with Gasteiger partial charge in [0.1, 0.15) is 0 Å². The number of rotatable bonds is 6. The maximum atomic E-state index is 12.7. The normalized spacial score (nSPS) is 11.4. The zero-order valence-corrected chi connectivity index (χ0v) is 19.4. The summed E-state index contributed by atoms with van der Waals surface area (Å²) in [6.07, 6.45) is 0. The van der Waals surface area contributed by atoms with E-state index in [0.29, 0.717) is 32.6 Å². The molecule has 0 radical (unpaired) electrons. The minimum atomic E-state index is -3.15. The van der Waals surface area contributed by atoms with Crippen LogP contribution in [0.25, 0.3) is 0 Å². The molecule has 32 heavy (non-hydrogen) atoms. The molecule has 0 atom stereocenters. The molecular formula is C25H25O6P. The summed E-state index contributed by atoms with van der Waals surface area (Å²) in [7, 11) is 0.816. The van der Waals surface area contributed by atoms with Crippen LogP contribution in [-0.4, -0.2) is 45.9 Å². The maximum absolute atomic E-state index is 12.7. The monoisotopic (exact) mass is 452 g/mol. The summed E-state index contributed by atoms with van der Waals surface area (Å²) in [5.41, 5.74) is 1.13. The van der Waals surface area contributed by atoms with Gasteiger partial charge in [0.15, 0.2) is 0 Å². The standard InChI is InChI=1S/C25H25O6P/c1-29-23(26)17-11-5-8-14-20(17)32(4,21-15-9-6-12-18(21)24(27)30-2)22-16-10-7-13-19(22)25(28)31-3/h5-16,32H,1-4H3. The number of ether oxygens (including phenoxy) is 3. The summed E-state index contributed by atoms with van der Waals surface area (Å²) in [6, 6.07) is 21.4. The molecule has 0 N–H and O–H groups in total. The van der Waals surface area contributed by atoms with E-state index in [4.69, 9.17) is 14.2 Å². The molecule has 3 rings (SSSR count). The van der Waals surface area contributed by atoms with Crippen LogP contribution in [0.4, 0.5) is 0 Å². The van der Waals surface area contributed by atoms with Crippen molar-refractivity contribution in [3.05, 3.63) is 89.5 Å². The Balaban J connectivity index is 2.49. The molecule has 166 valence electrons. The average Bonchev–Trinajstić information content (AvgIpc) is 2.86. The van der Waals surface area contributed by atoms with Crippen LogP contribution in [0.1, 0.15) is 31.1 Å². The van der Waals surface area contributed by atoms with Crippen molar-refractivity contribution in [2.45, 2.75) is 0 Å². The molecule has 6 nitrogen and oxygen atoms in total. The van der Waals surface area contributed by atoms with Crippen LogP contribution in [0.5, 0.6) is 0 Å². The Labute approximate surface area is 187 Å². The fourth-order valence-electron chi connectivity index (χ4n) is 4.06. The van der Waals surface area contributed by atoms with Crippen LogP contribution < -0.4 is 15.9 Å². The quantitative estimate of drug-likeness (QED) is 0.325. The van der Waals surface area contributed by atoms with Gasteiger partial charge in [-0.25, -0.2) is 0 Å². The SMILES string of the molecule is COC(=O)c1ccccc1[PH](C)(c1ccccc1C(=O)OC)c1ccccc1C(=O)OC. The van der Waals surface area contributed by atoms with Gasteiger partial charge in [0, 0.05) is 0 Å². The third kappa shape index (κ3) is 4.02. The van der Waals surface area contributed by atoms with E-state index < -0.39 is 25.2 Å². The van der Waals surface area contributed by atoms with Gasteiger partial charge in [-0.2, -0.15) is 0 Å². The molecule has 0 fully saturated rings. The molecule has 3 aromatic carbocycles. The summed E-state index contributed by atoms with van der Waals surface area (Å²) in [4.78, 5) is 38.1. The van der Waals surface area contributed by atoms with Crippen molar-refractivity contribution in [1.29, 1.82) is 0 Å². The molecular weight excluding hydrogens is 427 g/mol. The molecule has 0 aliphatic heterocycles. The van der Waals surface area contributed by atoms with Gasteiger partial charge in [0.05, 0.1) is 0 Å². The Hall–Kier alpha value is -3.50. The first-order valence-electron chi connectivity index (χ1n) is 9.93. The van der Waals surface area contributed by atoms with Gasteiger partial charge >= 0.3 is 187 Å². The van der Waals surface area contributed by atoms with Crippen molar-refractivity contribution >= 4 is 41.1 Å². The Morgan fingerprint density at radius 2 is 0.781 bits per heavy atom. The summed E-state index contributed by atoms with van der Waals surface area (Å²) in [6.45, 7) is 2.00. The van der Waals surface area contributed by atoms with Gasteiger partial charge in [0.2, 0.25) is 0 Å². The van der Waals surface area contributed by atoms with Crippen molar-refractivity contribution in [2.24, 2.45) is 0 Å². The summed E-state index contributed by atoms with van der Waals surface area (Å²) < 4.78 is 15.1. The van der Waals surface area contributed by atoms with Crippen LogP contribution in [0.3, 0.4) is 0 Å². The first kappa shape index (κ1) is 23.2. The van der Waals surface area contributed by atoms with Crippen molar-refractivity contribution < 1.29 is 28.6 Å². The number of methoxy groups -OCH3 is 3. The van der Waals surface area contributed by atoms with Gasteiger partial charge in [-0.05, 0) is 0 Å². The minimum absolute atomic E-state index is 0.378. The number of benzene rings is 3. The molecule has 0 spiro atoms. The van der Waals surface area contributed by atoms with E-state index in [1.54, 1.807) is 36.4 Å². The Bertz CT molecular complexity index is 1030. The molecule has 0 saturated carbocycles. The molecule has 0 amide bonds. The molecule has 0 aliphatic rings. The average molecular weight is 452 g/mol. The van der Waals surface area contributed by atoms with E-state index in [0.717, 1.165) is 0 Å². The van der Waals surface area contributed by atoms with Crippen LogP contribution in [0.2, 0.25) is 0 Å². The molecule has 0 heterocycles. The summed E-state index contributed by atoms with van der Waals surface area (Å²) >= 11 is 0. The van der Waals surface area contributed by atoms with E-state index in [1.807, 2.05) is 43.1 Å². The summed E-state index contributed by atoms with van der Waals surface area (Å²) in [5, 5.41) is 2.12. The fourth-order valence-corrected chi connectivity index (χ4v) is 8.39. The predicted octanol–water partition coefficient (Wildman–Crippen LogP) is 2.70. The van der Waals surface area contributed by atoms with Gasteiger partial charge < -0.3 is 0 Å². The van der Waals surface area contributed by atoms with Crippen molar-refractivity contribution in [3.63, 3.8) is 0 Å². The van der Waals surface area contributed by atoms with Gasteiger partial charge in [-0.1, -0.05) is 0 Å². The Morgan fingerprint density at radius 3 is 1.03 bits per heavy atom. The van der Waals surface area contributed by atoms with Gasteiger partial charge in [-0.15, -0.1) is 0 Å². The molecule has 7 heteroatoms. The third-order valence-corrected chi connectivity index (χ3v) is 10.2. The molecule has 0 aliphatic carbocycles. The van der Waals surface area contributed by atoms with E-state index in [1.165, 1.54) is 21.3 Å². The van der Waals surface area contributed by atoms with Gasteiger partial charge in [0.25, 0.3) is 0 Å². The topological polar surface area (TPSA) is 78.9 Å². The molecule has 0 bridgehead atoms. The molecule has 0 aromatic heterocycles. The van der Waals surface area contributed by atoms with Gasteiger partial charge in [-0.3, -0.25) is 0 Å². The number of carbonyl (C=O) groups is 3. The number of carbonyl (C=O) groups excluding carboxylic acids is 3. The first-order chi connectivity index (χ1) is 15.4. The van der Waals surface area contributed by atoms with Crippen LogP contribution >= 0.6 is 7.26 Å². The molecule has 3 aromatic rings. The number of hydrogen-bond donors (Lipinski definition) is 0. The Kier molecular flexibility index (Phi) is 7.06. The van der Waals surface area contributed by atoms with Crippen LogP contribution in [0, 0.1) is 0 Å². The first-order valence-corrected chi connectivity index (χ1v) is 12.4. The second-order valence-electron chi connectivity index (χ2n) is 7.24. The van der Waals surface area contributed by atoms with E-state index in [-0.39, 0.29) is 0 Å².